The summed E-state index contributed by atoms with van der Waals surface area (Å²) in [5.74, 6) is -0.298. The third-order valence-electron chi connectivity index (χ3n) is 2.73. The summed E-state index contributed by atoms with van der Waals surface area (Å²) < 4.78 is 0.955. The lowest BCUT2D eigenvalue weighted by atomic mass is 10.1. The minimum atomic E-state index is -0.267. The van der Waals surface area contributed by atoms with Gasteiger partial charge in [-0.15, -0.1) is 0 Å². The van der Waals surface area contributed by atoms with E-state index >= 15 is 0 Å². The van der Waals surface area contributed by atoms with Crippen LogP contribution in [0.3, 0.4) is 0 Å². The lowest BCUT2D eigenvalue weighted by molar-refractivity contribution is 0.102. The van der Waals surface area contributed by atoms with E-state index in [9.17, 15) is 9.90 Å². The second-order valence-electron chi connectivity index (χ2n) is 4.19. The van der Waals surface area contributed by atoms with E-state index in [0.717, 1.165) is 15.7 Å². The summed E-state index contributed by atoms with van der Waals surface area (Å²) >= 11 is 3.37. The van der Waals surface area contributed by atoms with E-state index in [0.29, 0.717) is 5.56 Å². The van der Waals surface area contributed by atoms with Crippen LogP contribution in [0.15, 0.2) is 40.9 Å². The van der Waals surface area contributed by atoms with Gasteiger partial charge in [-0.2, -0.15) is 0 Å². The number of hydrogen-bond acceptors (Lipinski definition) is 3. The fraction of sp³-hybridized carbons (Fsp3) is 0.0714. The van der Waals surface area contributed by atoms with Crippen molar-refractivity contribution in [2.24, 2.45) is 0 Å². The Labute approximate surface area is 119 Å². The van der Waals surface area contributed by atoms with Gasteiger partial charge < -0.3 is 16.2 Å². The molecule has 4 N–H and O–H groups in total. The van der Waals surface area contributed by atoms with E-state index in [1.165, 1.54) is 18.2 Å². The Morgan fingerprint density at radius 3 is 2.63 bits per heavy atom. The Morgan fingerprint density at radius 1 is 1.26 bits per heavy atom. The number of rotatable bonds is 2. The molecule has 2 aromatic carbocycles. The molecule has 0 radical (unpaired) electrons. The largest absolute Gasteiger partial charge is 0.506 e. The molecule has 0 aromatic heterocycles. The van der Waals surface area contributed by atoms with Crippen LogP contribution in [-0.4, -0.2) is 11.0 Å². The summed E-state index contributed by atoms with van der Waals surface area (Å²) in [5, 5.41) is 12.1. The lowest BCUT2D eigenvalue weighted by Crippen LogP contribution is -2.13. The van der Waals surface area contributed by atoms with Crippen LogP contribution < -0.4 is 11.1 Å². The number of phenols is 1. The summed E-state index contributed by atoms with van der Waals surface area (Å²) in [5.41, 5.74) is 7.84. The number of carbonyl (C=O) groups excluding carboxylic acids is 1. The molecule has 0 unspecified atom stereocenters. The van der Waals surface area contributed by atoms with Crippen LogP contribution in [0, 0.1) is 6.92 Å². The van der Waals surface area contributed by atoms with E-state index in [4.69, 9.17) is 5.73 Å². The molecule has 0 fully saturated rings. The molecule has 2 aromatic rings. The standard InChI is InChI=1S/C14H13BrN2O2/c1-8-6-10(15)3-4-12(8)17-14(19)9-2-5-13(18)11(16)7-9/h2-7,18H,16H2,1H3,(H,17,19). The van der Waals surface area contributed by atoms with E-state index in [-0.39, 0.29) is 17.3 Å². The fourth-order valence-electron chi connectivity index (χ4n) is 1.66. The summed E-state index contributed by atoms with van der Waals surface area (Å²) in [7, 11) is 0. The first kappa shape index (κ1) is 13.4. The number of hydrogen-bond donors (Lipinski definition) is 3. The van der Waals surface area contributed by atoms with Crippen LogP contribution in [0.1, 0.15) is 15.9 Å². The van der Waals surface area contributed by atoms with Crippen LogP contribution in [0.25, 0.3) is 0 Å². The number of carbonyl (C=O) groups is 1. The van der Waals surface area contributed by atoms with Crippen molar-refractivity contribution in [3.63, 3.8) is 0 Å². The van der Waals surface area contributed by atoms with Gasteiger partial charge in [0, 0.05) is 15.7 Å². The van der Waals surface area contributed by atoms with Gasteiger partial charge in [-0.1, -0.05) is 15.9 Å². The monoisotopic (exact) mass is 320 g/mol. The van der Waals surface area contributed by atoms with Gasteiger partial charge in [-0.3, -0.25) is 4.79 Å². The number of phenolic OH excluding ortho intramolecular Hbond substituents is 1. The number of aromatic hydroxyl groups is 1. The highest BCUT2D eigenvalue weighted by atomic mass is 79.9. The Morgan fingerprint density at radius 2 is 2.00 bits per heavy atom. The first-order valence-electron chi connectivity index (χ1n) is 5.63. The van der Waals surface area contributed by atoms with Gasteiger partial charge in [0.2, 0.25) is 0 Å². The molecule has 5 heteroatoms. The van der Waals surface area contributed by atoms with Crippen LogP contribution in [-0.2, 0) is 0 Å². The van der Waals surface area contributed by atoms with Crippen LogP contribution in [0.5, 0.6) is 5.75 Å². The molecule has 0 heterocycles. The van der Waals surface area contributed by atoms with Gasteiger partial charge in [-0.25, -0.2) is 0 Å². The van der Waals surface area contributed by atoms with Crippen molar-refractivity contribution in [2.45, 2.75) is 6.92 Å². The summed E-state index contributed by atoms with van der Waals surface area (Å²) in [6.45, 7) is 1.91. The zero-order valence-electron chi connectivity index (χ0n) is 10.3. The molecule has 0 aliphatic rings. The normalized spacial score (nSPS) is 10.2. The molecule has 0 atom stereocenters. The maximum Gasteiger partial charge on any atom is 0.255 e. The topological polar surface area (TPSA) is 75.3 Å². The number of anilines is 2. The summed E-state index contributed by atoms with van der Waals surface area (Å²) in [6, 6.07) is 9.96. The summed E-state index contributed by atoms with van der Waals surface area (Å²) in [4.78, 5) is 12.1. The van der Waals surface area contributed by atoms with Crippen molar-refractivity contribution in [1.29, 1.82) is 0 Å². The predicted octanol–water partition coefficient (Wildman–Crippen LogP) is 3.30. The van der Waals surface area contributed by atoms with Gasteiger partial charge >= 0.3 is 0 Å². The van der Waals surface area contributed by atoms with Gasteiger partial charge in [-0.05, 0) is 48.9 Å². The Bertz CT molecular complexity index is 641. The highest BCUT2D eigenvalue weighted by molar-refractivity contribution is 9.10. The van der Waals surface area contributed by atoms with E-state index in [2.05, 4.69) is 21.2 Å². The minimum absolute atomic E-state index is 0.0311. The quantitative estimate of drug-likeness (QED) is 0.587. The van der Waals surface area contributed by atoms with Gasteiger partial charge in [0.25, 0.3) is 5.91 Å². The number of nitrogen functional groups attached to an aromatic ring is 1. The van der Waals surface area contributed by atoms with E-state index < -0.39 is 0 Å². The first-order valence-corrected chi connectivity index (χ1v) is 6.42. The molecule has 0 spiro atoms. The van der Waals surface area contributed by atoms with Crippen LogP contribution >= 0.6 is 15.9 Å². The maximum atomic E-state index is 12.1. The zero-order chi connectivity index (χ0) is 14.0. The zero-order valence-corrected chi connectivity index (χ0v) is 11.9. The molecule has 2 rings (SSSR count). The first-order chi connectivity index (χ1) is 8.97. The average Bonchev–Trinajstić information content (AvgIpc) is 2.36. The number of aryl methyl sites for hydroxylation is 1. The second kappa shape index (κ2) is 5.32. The van der Waals surface area contributed by atoms with Crippen molar-refractivity contribution in [2.75, 3.05) is 11.1 Å². The number of halogens is 1. The van der Waals surface area contributed by atoms with Gasteiger partial charge in [0.05, 0.1) is 5.69 Å². The van der Waals surface area contributed by atoms with Crippen molar-refractivity contribution < 1.29 is 9.90 Å². The number of benzene rings is 2. The highest BCUT2D eigenvalue weighted by Gasteiger charge is 2.09. The predicted molar refractivity (Wildman–Crippen MR) is 79.4 cm³/mol. The van der Waals surface area contributed by atoms with E-state index in [1.807, 2.05) is 25.1 Å². The third-order valence-corrected chi connectivity index (χ3v) is 3.22. The number of amides is 1. The highest BCUT2D eigenvalue weighted by Crippen LogP contribution is 2.23. The van der Waals surface area contributed by atoms with Gasteiger partial charge in [0.1, 0.15) is 5.75 Å². The van der Waals surface area contributed by atoms with Crippen LogP contribution in [0.2, 0.25) is 0 Å². The molecule has 1 amide bonds. The van der Waals surface area contributed by atoms with Crippen molar-refractivity contribution in [3.8, 4) is 5.75 Å². The van der Waals surface area contributed by atoms with Crippen LogP contribution in [0.4, 0.5) is 11.4 Å². The molecule has 19 heavy (non-hydrogen) atoms. The molecule has 0 bridgehead atoms. The molecular formula is C14H13BrN2O2. The number of nitrogens with one attached hydrogen (secondary N) is 1. The van der Waals surface area contributed by atoms with E-state index in [1.54, 1.807) is 0 Å². The molecule has 0 aliphatic carbocycles. The fourth-order valence-corrected chi connectivity index (χ4v) is 2.13. The van der Waals surface area contributed by atoms with Crippen molar-refractivity contribution in [3.05, 3.63) is 52.0 Å². The SMILES string of the molecule is Cc1cc(Br)ccc1NC(=O)c1ccc(O)c(N)c1. The molecule has 4 nitrogen and oxygen atoms in total. The minimum Gasteiger partial charge on any atom is -0.506 e. The lowest BCUT2D eigenvalue weighted by Gasteiger charge is -2.09. The Kier molecular flexibility index (Phi) is 3.76. The van der Waals surface area contributed by atoms with Gasteiger partial charge in [0.15, 0.2) is 0 Å². The second-order valence-corrected chi connectivity index (χ2v) is 5.10. The average molecular weight is 321 g/mol. The maximum absolute atomic E-state index is 12.1. The smallest absolute Gasteiger partial charge is 0.255 e. The Hall–Kier alpha value is -2.01. The molecule has 0 saturated heterocycles. The van der Waals surface area contributed by atoms with Crippen molar-refractivity contribution in [1.82, 2.24) is 0 Å². The molecular weight excluding hydrogens is 308 g/mol. The molecule has 98 valence electrons. The Balaban J connectivity index is 2.23. The number of nitrogens with two attached hydrogens (primary N) is 1. The summed E-state index contributed by atoms with van der Waals surface area (Å²) in [6.07, 6.45) is 0. The molecule has 0 aliphatic heterocycles. The third kappa shape index (κ3) is 3.06. The molecule has 0 saturated carbocycles. The van der Waals surface area contributed by atoms with Crippen molar-refractivity contribution >= 4 is 33.2 Å².